The number of hydrogen-bond acceptors (Lipinski definition) is 5. The number of piperidine rings is 1. The van der Waals surface area contributed by atoms with Crippen molar-refractivity contribution in [1.82, 2.24) is 15.1 Å². The van der Waals surface area contributed by atoms with E-state index in [0.717, 1.165) is 31.5 Å². The number of fused-ring (bicyclic) bond motifs is 1. The number of benzene rings is 2. The minimum atomic E-state index is -0.591. The van der Waals surface area contributed by atoms with Gasteiger partial charge in [-0.1, -0.05) is 54.6 Å². The molecule has 0 radical (unpaired) electrons. The molecule has 2 aromatic rings. The van der Waals surface area contributed by atoms with Crippen LogP contribution in [0, 0.1) is 0 Å². The molecule has 1 N–H and O–H groups in total. The van der Waals surface area contributed by atoms with Crippen molar-refractivity contribution in [2.75, 3.05) is 19.6 Å². The lowest BCUT2D eigenvalue weighted by Gasteiger charge is -2.45. The molecule has 2 heterocycles. The molecule has 4 rings (SSSR count). The molecule has 0 unspecified atom stereocenters. The Kier molecular flexibility index (Phi) is 7.41. The second-order valence-electron chi connectivity index (χ2n) is 10.1. The molecule has 1 fully saturated rings. The summed E-state index contributed by atoms with van der Waals surface area (Å²) in [6.07, 6.45) is 0.916. The fourth-order valence-electron chi connectivity index (χ4n) is 4.75. The molecular weight excluding hydrogens is 430 g/mol. The molecule has 0 spiro atoms. The molecular formula is C27H35N3O4. The van der Waals surface area contributed by atoms with Crippen LogP contribution in [-0.2, 0) is 29.0 Å². The molecule has 182 valence electrons. The lowest BCUT2D eigenvalue weighted by Crippen LogP contribution is -2.62. The average molecular weight is 466 g/mol. The number of carbonyl (C=O) groups excluding carboxylic acids is 2. The highest BCUT2D eigenvalue weighted by atomic mass is 16.6. The summed E-state index contributed by atoms with van der Waals surface area (Å²) in [5.41, 5.74) is 3.07. The van der Waals surface area contributed by atoms with Gasteiger partial charge in [0.2, 0.25) is 0 Å². The summed E-state index contributed by atoms with van der Waals surface area (Å²) >= 11 is 0. The molecule has 2 aliphatic heterocycles. The first kappa shape index (κ1) is 24.1. The lowest BCUT2D eigenvalue weighted by atomic mass is 9.93. The highest BCUT2D eigenvalue weighted by molar-refractivity contribution is 5.70. The standard InChI is InChI=1S/C27H35N3O4/c1-27(2,3)34-25(31)28-23-18-30(26(32)33-19-20-9-5-4-6-10-20)16-14-24(23)29-15-13-21-11-7-8-12-22(21)17-29/h4-12,23-24H,13-19H2,1-3H3,(H,28,31)/t23-,24-/m1/s1. The normalized spacial score (nSPS) is 20.9. The minimum Gasteiger partial charge on any atom is -0.445 e. The van der Waals surface area contributed by atoms with Gasteiger partial charge in [0.05, 0.1) is 6.04 Å². The van der Waals surface area contributed by atoms with Gasteiger partial charge in [0.15, 0.2) is 0 Å². The number of nitrogens with one attached hydrogen (secondary N) is 1. The summed E-state index contributed by atoms with van der Waals surface area (Å²) in [5.74, 6) is 0. The average Bonchev–Trinajstić information content (AvgIpc) is 2.81. The zero-order chi connectivity index (χ0) is 24.1. The van der Waals surface area contributed by atoms with Gasteiger partial charge in [0.1, 0.15) is 12.2 Å². The van der Waals surface area contributed by atoms with E-state index in [2.05, 4.69) is 34.5 Å². The molecule has 7 heteroatoms. The molecule has 2 atom stereocenters. The number of carbonyl (C=O) groups is 2. The van der Waals surface area contributed by atoms with Crippen LogP contribution in [0.2, 0.25) is 0 Å². The van der Waals surface area contributed by atoms with Crippen LogP contribution < -0.4 is 5.32 Å². The molecule has 0 saturated carbocycles. The number of likely N-dealkylation sites (tertiary alicyclic amines) is 1. The van der Waals surface area contributed by atoms with E-state index in [1.807, 2.05) is 51.1 Å². The zero-order valence-electron chi connectivity index (χ0n) is 20.3. The first-order valence-electron chi connectivity index (χ1n) is 12.0. The van der Waals surface area contributed by atoms with Crippen molar-refractivity contribution in [3.63, 3.8) is 0 Å². The smallest absolute Gasteiger partial charge is 0.410 e. The second-order valence-corrected chi connectivity index (χ2v) is 10.1. The third-order valence-corrected chi connectivity index (χ3v) is 6.37. The summed E-state index contributed by atoms with van der Waals surface area (Å²) in [6, 6.07) is 18.0. The van der Waals surface area contributed by atoms with Gasteiger partial charge in [0, 0.05) is 32.2 Å². The monoisotopic (exact) mass is 465 g/mol. The number of amides is 2. The minimum absolute atomic E-state index is 0.110. The van der Waals surface area contributed by atoms with Crippen LogP contribution in [0.5, 0.6) is 0 Å². The molecule has 0 aliphatic carbocycles. The molecule has 1 saturated heterocycles. The highest BCUT2D eigenvalue weighted by Gasteiger charge is 2.38. The van der Waals surface area contributed by atoms with Crippen molar-refractivity contribution in [1.29, 1.82) is 0 Å². The zero-order valence-corrected chi connectivity index (χ0v) is 20.3. The Morgan fingerprint density at radius 1 is 1.00 bits per heavy atom. The van der Waals surface area contributed by atoms with Crippen LogP contribution in [0.15, 0.2) is 54.6 Å². The number of alkyl carbamates (subject to hydrolysis) is 1. The van der Waals surface area contributed by atoms with Crippen LogP contribution in [0.3, 0.4) is 0 Å². The topological polar surface area (TPSA) is 71.1 Å². The SMILES string of the molecule is CC(C)(C)OC(=O)N[C@@H]1CN(C(=O)OCc2ccccc2)CC[C@H]1N1CCc2ccccc2C1. The van der Waals surface area contributed by atoms with Crippen molar-refractivity contribution in [2.24, 2.45) is 0 Å². The quantitative estimate of drug-likeness (QED) is 0.727. The number of ether oxygens (including phenoxy) is 2. The third kappa shape index (κ3) is 6.29. The maximum Gasteiger partial charge on any atom is 0.410 e. The van der Waals surface area contributed by atoms with Crippen molar-refractivity contribution < 1.29 is 19.1 Å². The Morgan fingerprint density at radius 3 is 2.44 bits per heavy atom. The summed E-state index contributed by atoms with van der Waals surface area (Å²) < 4.78 is 11.1. The van der Waals surface area contributed by atoms with Crippen LogP contribution in [0.4, 0.5) is 9.59 Å². The fourth-order valence-corrected chi connectivity index (χ4v) is 4.75. The molecule has 34 heavy (non-hydrogen) atoms. The predicted molar refractivity (Wildman–Crippen MR) is 130 cm³/mol. The fraction of sp³-hybridized carbons (Fsp3) is 0.481. The van der Waals surface area contributed by atoms with Crippen molar-refractivity contribution in [3.8, 4) is 0 Å². The third-order valence-electron chi connectivity index (χ3n) is 6.37. The van der Waals surface area contributed by atoms with Gasteiger partial charge in [0.25, 0.3) is 0 Å². The van der Waals surface area contributed by atoms with Crippen LogP contribution in [0.1, 0.15) is 43.9 Å². The Balaban J connectivity index is 1.44. The second kappa shape index (κ2) is 10.5. The summed E-state index contributed by atoms with van der Waals surface area (Å²) in [7, 11) is 0. The van der Waals surface area contributed by atoms with E-state index in [-0.39, 0.29) is 24.8 Å². The molecule has 0 bridgehead atoms. The molecule has 0 aromatic heterocycles. The van der Waals surface area contributed by atoms with Crippen molar-refractivity contribution in [2.45, 2.75) is 64.4 Å². The Labute approximate surface area is 202 Å². The van der Waals surface area contributed by atoms with Crippen LogP contribution in [0.25, 0.3) is 0 Å². The van der Waals surface area contributed by atoms with Crippen LogP contribution >= 0.6 is 0 Å². The van der Waals surface area contributed by atoms with Gasteiger partial charge in [-0.05, 0) is 50.3 Å². The van der Waals surface area contributed by atoms with Crippen LogP contribution in [-0.4, -0.2) is 59.3 Å². The van der Waals surface area contributed by atoms with Gasteiger partial charge in [-0.3, -0.25) is 4.90 Å². The maximum atomic E-state index is 12.8. The summed E-state index contributed by atoms with van der Waals surface area (Å²) in [6.45, 7) is 8.50. The van der Waals surface area contributed by atoms with E-state index in [9.17, 15) is 9.59 Å². The summed E-state index contributed by atoms with van der Waals surface area (Å²) in [4.78, 5) is 29.6. The number of nitrogens with zero attached hydrogens (tertiary/aromatic N) is 2. The van der Waals surface area contributed by atoms with E-state index >= 15 is 0 Å². The van der Waals surface area contributed by atoms with Crippen molar-refractivity contribution >= 4 is 12.2 Å². The summed E-state index contributed by atoms with van der Waals surface area (Å²) in [5, 5.41) is 3.05. The largest absolute Gasteiger partial charge is 0.445 e. The van der Waals surface area contributed by atoms with Gasteiger partial charge in [-0.25, -0.2) is 9.59 Å². The Morgan fingerprint density at radius 2 is 1.71 bits per heavy atom. The lowest BCUT2D eigenvalue weighted by molar-refractivity contribution is 0.0267. The number of hydrogen-bond donors (Lipinski definition) is 1. The van der Waals surface area contributed by atoms with E-state index in [1.165, 1.54) is 11.1 Å². The van der Waals surface area contributed by atoms with Gasteiger partial charge in [-0.2, -0.15) is 0 Å². The van der Waals surface area contributed by atoms with E-state index in [1.54, 1.807) is 4.90 Å². The van der Waals surface area contributed by atoms with Gasteiger partial charge >= 0.3 is 12.2 Å². The Hall–Kier alpha value is -3.06. The first-order chi connectivity index (χ1) is 16.3. The van der Waals surface area contributed by atoms with E-state index in [4.69, 9.17) is 9.47 Å². The highest BCUT2D eigenvalue weighted by Crippen LogP contribution is 2.26. The Bertz CT molecular complexity index is 989. The van der Waals surface area contributed by atoms with E-state index in [0.29, 0.717) is 13.1 Å². The molecule has 7 nitrogen and oxygen atoms in total. The first-order valence-corrected chi connectivity index (χ1v) is 12.0. The van der Waals surface area contributed by atoms with Crippen molar-refractivity contribution in [3.05, 3.63) is 71.3 Å². The molecule has 2 aliphatic rings. The predicted octanol–water partition coefficient (Wildman–Crippen LogP) is 4.35. The molecule has 2 aromatic carbocycles. The number of rotatable bonds is 4. The van der Waals surface area contributed by atoms with E-state index < -0.39 is 11.7 Å². The van der Waals surface area contributed by atoms with Gasteiger partial charge < -0.3 is 19.7 Å². The maximum absolute atomic E-state index is 12.8. The molecule has 2 amide bonds. The van der Waals surface area contributed by atoms with Gasteiger partial charge in [-0.15, -0.1) is 0 Å².